The summed E-state index contributed by atoms with van der Waals surface area (Å²) < 4.78 is 21.9. The smallest absolute Gasteiger partial charge is 0.235 e. The first kappa shape index (κ1) is 19.3. The zero-order valence-corrected chi connectivity index (χ0v) is 16.2. The Bertz CT molecular complexity index is 1230. The van der Waals surface area contributed by atoms with Crippen LogP contribution in [0.1, 0.15) is 10.4 Å². The van der Waals surface area contributed by atoms with Crippen LogP contribution >= 0.6 is 0 Å². The van der Waals surface area contributed by atoms with E-state index in [4.69, 9.17) is 18.6 Å². The van der Waals surface area contributed by atoms with Gasteiger partial charge in [0.05, 0.1) is 12.5 Å². The van der Waals surface area contributed by atoms with Crippen LogP contribution in [0.4, 0.5) is 0 Å². The van der Waals surface area contributed by atoms with Gasteiger partial charge < -0.3 is 18.6 Å². The van der Waals surface area contributed by atoms with Crippen LogP contribution in [0.5, 0.6) is 23.0 Å². The van der Waals surface area contributed by atoms with Crippen LogP contribution in [0.2, 0.25) is 0 Å². The maximum absolute atomic E-state index is 12.7. The van der Waals surface area contributed by atoms with Gasteiger partial charge in [-0.2, -0.15) is 0 Å². The van der Waals surface area contributed by atoms with Crippen molar-refractivity contribution in [1.29, 1.82) is 0 Å². The molecule has 6 heteroatoms. The predicted molar refractivity (Wildman–Crippen MR) is 112 cm³/mol. The fraction of sp³-hybridized carbons (Fsp3) is 0.0833. The summed E-state index contributed by atoms with van der Waals surface area (Å²) in [5.74, 6) is 1.53. The van der Waals surface area contributed by atoms with Crippen molar-refractivity contribution in [3.63, 3.8) is 0 Å². The zero-order chi connectivity index (χ0) is 20.9. The van der Waals surface area contributed by atoms with E-state index >= 15 is 0 Å². The van der Waals surface area contributed by atoms with Crippen molar-refractivity contribution >= 4 is 16.8 Å². The van der Waals surface area contributed by atoms with Gasteiger partial charge in [0.15, 0.2) is 12.4 Å². The Morgan fingerprint density at radius 2 is 1.60 bits per heavy atom. The number of rotatable bonds is 7. The molecule has 4 rings (SSSR count). The number of benzene rings is 3. The first-order valence-electron chi connectivity index (χ1n) is 9.22. The van der Waals surface area contributed by atoms with Crippen LogP contribution in [-0.4, -0.2) is 19.5 Å². The van der Waals surface area contributed by atoms with Gasteiger partial charge in [-0.3, -0.25) is 9.59 Å². The summed E-state index contributed by atoms with van der Waals surface area (Å²) >= 11 is 0. The van der Waals surface area contributed by atoms with E-state index in [1.807, 2.05) is 6.07 Å². The van der Waals surface area contributed by atoms with E-state index in [0.717, 1.165) is 0 Å². The van der Waals surface area contributed by atoms with Crippen molar-refractivity contribution in [2.24, 2.45) is 0 Å². The lowest BCUT2D eigenvalue weighted by Gasteiger charge is -2.08. The fourth-order valence-corrected chi connectivity index (χ4v) is 2.88. The Labute approximate surface area is 172 Å². The normalized spacial score (nSPS) is 10.6. The van der Waals surface area contributed by atoms with Gasteiger partial charge in [-0.15, -0.1) is 0 Å². The van der Waals surface area contributed by atoms with Crippen LogP contribution in [0, 0.1) is 0 Å². The molecule has 0 aliphatic heterocycles. The maximum atomic E-state index is 12.7. The highest BCUT2D eigenvalue weighted by atomic mass is 16.5. The average Bonchev–Trinajstić information content (AvgIpc) is 2.80. The van der Waals surface area contributed by atoms with Crippen LogP contribution in [-0.2, 0) is 0 Å². The zero-order valence-electron chi connectivity index (χ0n) is 16.2. The molecule has 0 aliphatic carbocycles. The number of Topliss-reactive ketones (excluding diaryl/α,β-unsaturated/α-hetero) is 1. The summed E-state index contributed by atoms with van der Waals surface area (Å²) in [6.45, 7) is -0.113. The number of carbonyl (C=O) groups excluding carboxylic acids is 1. The highest BCUT2D eigenvalue weighted by molar-refractivity contribution is 5.97. The molecule has 0 aliphatic rings. The van der Waals surface area contributed by atoms with E-state index < -0.39 is 0 Å². The van der Waals surface area contributed by atoms with Gasteiger partial charge in [0.1, 0.15) is 29.1 Å². The monoisotopic (exact) mass is 402 g/mol. The summed E-state index contributed by atoms with van der Waals surface area (Å²) in [4.78, 5) is 24.9. The van der Waals surface area contributed by atoms with Crippen LogP contribution in [0.15, 0.2) is 88.3 Å². The molecule has 150 valence electrons. The minimum Gasteiger partial charge on any atom is -0.497 e. The second kappa shape index (κ2) is 8.53. The van der Waals surface area contributed by atoms with Crippen molar-refractivity contribution in [3.05, 3.63) is 94.8 Å². The van der Waals surface area contributed by atoms with E-state index in [0.29, 0.717) is 33.8 Å². The average molecular weight is 402 g/mol. The van der Waals surface area contributed by atoms with Gasteiger partial charge in [-0.05, 0) is 36.4 Å². The third-order valence-corrected chi connectivity index (χ3v) is 4.47. The first-order valence-corrected chi connectivity index (χ1v) is 9.22. The molecule has 0 atom stereocenters. The fourth-order valence-electron chi connectivity index (χ4n) is 2.88. The largest absolute Gasteiger partial charge is 0.497 e. The SMILES string of the molecule is COc1ccc(Oc2coc3cc(OCC(=O)c4ccccc4)ccc3c2=O)cc1. The Balaban J connectivity index is 1.50. The van der Waals surface area contributed by atoms with Crippen molar-refractivity contribution in [1.82, 2.24) is 0 Å². The quantitative estimate of drug-likeness (QED) is 0.411. The second-order valence-corrected chi connectivity index (χ2v) is 6.44. The molecule has 0 spiro atoms. The Morgan fingerprint density at radius 1 is 0.900 bits per heavy atom. The van der Waals surface area contributed by atoms with E-state index in [-0.39, 0.29) is 23.6 Å². The van der Waals surface area contributed by atoms with Gasteiger partial charge in [-0.25, -0.2) is 0 Å². The predicted octanol–water partition coefficient (Wildman–Crippen LogP) is 4.86. The number of fused-ring (bicyclic) bond motifs is 1. The molecule has 1 heterocycles. The summed E-state index contributed by atoms with van der Waals surface area (Å²) in [6.07, 6.45) is 1.26. The van der Waals surface area contributed by atoms with Gasteiger partial charge >= 0.3 is 0 Å². The standard InChI is InChI=1S/C24H18O6/c1-27-17-7-9-18(10-8-17)30-23-15-29-22-13-19(11-12-20(22)24(23)26)28-14-21(25)16-5-3-2-4-6-16/h2-13,15H,14H2,1H3. The molecule has 3 aromatic carbocycles. The van der Waals surface area contributed by atoms with Crippen LogP contribution < -0.4 is 19.6 Å². The topological polar surface area (TPSA) is 75.0 Å². The summed E-state index contributed by atoms with van der Waals surface area (Å²) in [6, 6.07) is 20.5. The molecule has 0 amide bonds. The van der Waals surface area contributed by atoms with E-state index in [1.54, 1.807) is 73.8 Å². The summed E-state index contributed by atoms with van der Waals surface area (Å²) in [7, 11) is 1.57. The van der Waals surface area contributed by atoms with E-state index in [1.165, 1.54) is 6.26 Å². The molecule has 6 nitrogen and oxygen atoms in total. The number of ketones is 1. The lowest BCUT2D eigenvalue weighted by molar-refractivity contribution is 0.0921. The maximum Gasteiger partial charge on any atom is 0.235 e. The number of hydrogen-bond acceptors (Lipinski definition) is 6. The molecule has 0 N–H and O–H groups in total. The Morgan fingerprint density at radius 3 is 2.33 bits per heavy atom. The number of carbonyl (C=O) groups is 1. The molecule has 0 bridgehead atoms. The van der Waals surface area contributed by atoms with E-state index in [9.17, 15) is 9.59 Å². The third kappa shape index (κ3) is 4.17. The van der Waals surface area contributed by atoms with Crippen molar-refractivity contribution in [2.75, 3.05) is 13.7 Å². The molecular formula is C24H18O6. The molecule has 0 fully saturated rings. The molecule has 0 radical (unpaired) electrons. The van der Waals surface area contributed by atoms with Gasteiger partial charge in [0.25, 0.3) is 0 Å². The van der Waals surface area contributed by atoms with Crippen molar-refractivity contribution in [3.8, 4) is 23.0 Å². The molecule has 0 saturated carbocycles. The van der Waals surface area contributed by atoms with E-state index in [2.05, 4.69) is 0 Å². The molecule has 1 aromatic heterocycles. The number of methoxy groups -OCH3 is 1. The molecule has 4 aromatic rings. The van der Waals surface area contributed by atoms with Crippen LogP contribution in [0.3, 0.4) is 0 Å². The lowest BCUT2D eigenvalue weighted by atomic mass is 10.1. The Kier molecular flexibility index (Phi) is 5.48. The minimum atomic E-state index is -0.306. The molecule has 0 unspecified atom stereocenters. The summed E-state index contributed by atoms with van der Waals surface area (Å²) in [5.41, 5.74) is 0.607. The van der Waals surface area contributed by atoms with Crippen LogP contribution in [0.25, 0.3) is 11.0 Å². The van der Waals surface area contributed by atoms with Gasteiger partial charge in [-0.1, -0.05) is 30.3 Å². The highest BCUT2D eigenvalue weighted by Crippen LogP contribution is 2.25. The van der Waals surface area contributed by atoms with Gasteiger partial charge in [0.2, 0.25) is 11.2 Å². The minimum absolute atomic E-state index is 0.0700. The first-order chi connectivity index (χ1) is 14.6. The highest BCUT2D eigenvalue weighted by Gasteiger charge is 2.12. The second-order valence-electron chi connectivity index (χ2n) is 6.44. The molecular weight excluding hydrogens is 384 g/mol. The van der Waals surface area contributed by atoms with Gasteiger partial charge in [0, 0.05) is 11.6 Å². The Hall–Kier alpha value is -4.06. The van der Waals surface area contributed by atoms with Crippen molar-refractivity contribution in [2.45, 2.75) is 0 Å². The molecule has 0 saturated heterocycles. The molecule has 30 heavy (non-hydrogen) atoms. The number of ether oxygens (including phenoxy) is 3. The number of hydrogen-bond donors (Lipinski definition) is 0. The third-order valence-electron chi connectivity index (χ3n) is 4.47. The van der Waals surface area contributed by atoms with Crippen molar-refractivity contribution < 1.29 is 23.4 Å². The summed E-state index contributed by atoms with van der Waals surface area (Å²) in [5, 5.41) is 0.350. The lowest BCUT2D eigenvalue weighted by Crippen LogP contribution is -2.11.